The quantitative estimate of drug-likeness (QED) is 0.696. The van der Waals surface area contributed by atoms with Gasteiger partial charge in [0.1, 0.15) is 17.1 Å². The number of ether oxygens (including phenoxy) is 1. The van der Waals surface area contributed by atoms with Gasteiger partial charge in [0, 0.05) is 12.8 Å². The molecule has 0 saturated carbocycles. The largest absolute Gasteiger partial charge is 0.507 e. The molecular formula is C24H29N3O2. The van der Waals surface area contributed by atoms with Crippen molar-refractivity contribution in [3.63, 3.8) is 0 Å². The summed E-state index contributed by atoms with van der Waals surface area (Å²) in [5.74, 6) is 0.976. The summed E-state index contributed by atoms with van der Waals surface area (Å²) in [5.41, 5.74) is 4.06. The van der Waals surface area contributed by atoms with Crippen LogP contribution in [0.1, 0.15) is 29.5 Å². The van der Waals surface area contributed by atoms with Crippen LogP contribution in [0.3, 0.4) is 0 Å². The van der Waals surface area contributed by atoms with E-state index in [0.717, 1.165) is 53.9 Å². The lowest BCUT2D eigenvalue weighted by Gasteiger charge is -2.40. The lowest BCUT2D eigenvalue weighted by Crippen LogP contribution is -2.46. The fourth-order valence-electron chi connectivity index (χ4n) is 3.72. The predicted molar refractivity (Wildman–Crippen MR) is 121 cm³/mol. The number of aliphatic imine (C=N–C) groups is 1. The van der Waals surface area contributed by atoms with Crippen molar-refractivity contribution in [2.24, 2.45) is 4.99 Å². The van der Waals surface area contributed by atoms with Gasteiger partial charge in [-0.2, -0.15) is 0 Å². The Kier molecular flexibility index (Phi) is 6.52. The highest BCUT2D eigenvalue weighted by molar-refractivity contribution is 5.88. The second-order valence-corrected chi connectivity index (χ2v) is 7.31. The molecule has 2 aliphatic heterocycles. The van der Waals surface area contributed by atoms with Crippen molar-refractivity contribution in [1.82, 2.24) is 10.6 Å². The van der Waals surface area contributed by atoms with Gasteiger partial charge in [-0.15, -0.1) is 0 Å². The number of nitrogens with one attached hydrogen (secondary N) is 2. The number of nitrogens with zero attached hydrogens (tertiary/aromatic N) is 1. The van der Waals surface area contributed by atoms with Crippen molar-refractivity contribution in [3.8, 4) is 11.5 Å². The second kappa shape index (κ2) is 9.07. The molecule has 1 spiro atoms. The van der Waals surface area contributed by atoms with Crippen molar-refractivity contribution in [2.75, 3.05) is 27.2 Å². The maximum atomic E-state index is 10.5. The molecule has 2 heterocycles. The van der Waals surface area contributed by atoms with E-state index >= 15 is 0 Å². The Morgan fingerprint density at radius 1 is 1.14 bits per heavy atom. The van der Waals surface area contributed by atoms with Gasteiger partial charge < -0.3 is 20.5 Å². The number of hydrogen-bond donors (Lipinski definition) is 3. The van der Waals surface area contributed by atoms with Crippen LogP contribution in [0.5, 0.6) is 11.5 Å². The minimum atomic E-state index is -0.327. The van der Waals surface area contributed by atoms with E-state index in [1.807, 2.05) is 50.5 Å². The predicted octanol–water partition coefficient (Wildman–Crippen LogP) is 3.85. The standard InChI is InChI=1S/C22H22N2O2.C2H7N/c1-15(23-2)16-6-8-17(9-7-16)18-14-22(10-12-24-13-11-22)26-20-5-3-4-19(25)21(18)20;1-3-2/h3-9,14,24-25H,1-2,10-13H2;3H,1-2H3. The minimum absolute atomic E-state index is 0.235. The number of fused-ring (bicyclic) bond motifs is 1. The van der Waals surface area contributed by atoms with Crippen LogP contribution in [-0.2, 0) is 0 Å². The third-order valence-electron chi connectivity index (χ3n) is 5.16. The van der Waals surface area contributed by atoms with Gasteiger partial charge in [-0.25, -0.2) is 0 Å². The molecule has 29 heavy (non-hydrogen) atoms. The molecule has 2 aromatic carbocycles. The van der Waals surface area contributed by atoms with Gasteiger partial charge in [-0.1, -0.05) is 36.9 Å². The van der Waals surface area contributed by atoms with Crippen molar-refractivity contribution in [3.05, 3.63) is 71.8 Å². The molecule has 1 fully saturated rings. The molecule has 5 nitrogen and oxygen atoms in total. The molecule has 0 unspecified atom stereocenters. The first kappa shape index (κ1) is 20.8. The van der Waals surface area contributed by atoms with Gasteiger partial charge in [-0.3, -0.25) is 4.99 Å². The fraction of sp³-hybridized carbons (Fsp3) is 0.292. The van der Waals surface area contributed by atoms with Crippen LogP contribution in [0, 0.1) is 0 Å². The topological polar surface area (TPSA) is 65.9 Å². The molecular weight excluding hydrogens is 362 g/mol. The van der Waals surface area contributed by atoms with E-state index in [1.165, 1.54) is 0 Å². The fourth-order valence-corrected chi connectivity index (χ4v) is 3.72. The molecule has 0 bridgehead atoms. The Morgan fingerprint density at radius 3 is 2.41 bits per heavy atom. The van der Waals surface area contributed by atoms with Gasteiger partial charge in [0.15, 0.2) is 0 Å². The normalized spacial score (nSPS) is 16.6. The molecule has 3 N–H and O–H groups in total. The van der Waals surface area contributed by atoms with E-state index in [0.29, 0.717) is 5.70 Å². The Morgan fingerprint density at radius 2 is 1.79 bits per heavy atom. The SMILES string of the molecule is C=NC(=C)c1ccc(C2=CC3(CCNCC3)Oc3cccc(O)c32)cc1.CNC. The summed E-state index contributed by atoms with van der Waals surface area (Å²) in [6.45, 7) is 9.26. The zero-order valence-corrected chi connectivity index (χ0v) is 17.2. The van der Waals surface area contributed by atoms with E-state index in [2.05, 4.69) is 35.0 Å². The molecule has 0 aliphatic carbocycles. The Hall–Kier alpha value is -2.89. The Bertz CT molecular complexity index is 910. The van der Waals surface area contributed by atoms with Gasteiger partial charge in [0.05, 0.1) is 11.3 Å². The smallest absolute Gasteiger partial charge is 0.132 e. The number of benzene rings is 2. The first-order valence-electron chi connectivity index (χ1n) is 9.83. The van der Waals surface area contributed by atoms with Crippen LogP contribution in [0.2, 0.25) is 0 Å². The first-order chi connectivity index (χ1) is 14.0. The average Bonchev–Trinajstić information content (AvgIpc) is 2.74. The van der Waals surface area contributed by atoms with Gasteiger partial charge >= 0.3 is 0 Å². The molecule has 2 aliphatic rings. The average molecular weight is 392 g/mol. The summed E-state index contributed by atoms with van der Waals surface area (Å²) in [6.07, 6.45) is 3.99. The van der Waals surface area contributed by atoms with Gasteiger partial charge in [0.25, 0.3) is 0 Å². The summed E-state index contributed by atoms with van der Waals surface area (Å²) >= 11 is 0. The monoisotopic (exact) mass is 391 g/mol. The van der Waals surface area contributed by atoms with Crippen LogP contribution >= 0.6 is 0 Å². The Balaban J connectivity index is 0.000000755. The molecule has 4 rings (SSSR count). The highest BCUT2D eigenvalue weighted by Gasteiger charge is 2.37. The number of phenols is 1. The van der Waals surface area contributed by atoms with Gasteiger partial charge in [0.2, 0.25) is 0 Å². The van der Waals surface area contributed by atoms with Crippen LogP contribution in [-0.4, -0.2) is 44.6 Å². The van der Waals surface area contributed by atoms with E-state index < -0.39 is 0 Å². The molecule has 1 saturated heterocycles. The lowest BCUT2D eigenvalue weighted by molar-refractivity contribution is 0.0813. The molecule has 0 atom stereocenters. The second-order valence-electron chi connectivity index (χ2n) is 7.31. The van der Waals surface area contributed by atoms with Crippen molar-refractivity contribution in [2.45, 2.75) is 18.4 Å². The zero-order valence-electron chi connectivity index (χ0n) is 17.2. The van der Waals surface area contributed by atoms with E-state index in [-0.39, 0.29) is 11.4 Å². The molecule has 0 radical (unpaired) electrons. The van der Waals surface area contributed by atoms with E-state index in [4.69, 9.17) is 4.74 Å². The number of hydrogen-bond acceptors (Lipinski definition) is 5. The summed E-state index contributed by atoms with van der Waals surface area (Å²) in [6, 6.07) is 13.5. The van der Waals surface area contributed by atoms with Crippen LogP contribution < -0.4 is 15.4 Å². The molecule has 0 amide bonds. The summed E-state index contributed by atoms with van der Waals surface area (Å²) in [7, 11) is 3.75. The van der Waals surface area contributed by atoms with Crippen molar-refractivity contribution < 1.29 is 9.84 Å². The van der Waals surface area contributed by atoms with Crippen LogP contribution in [0.15, 0.2) is 60.1 Å². The number of phenolic OH excluding ortho intramolecular Hbond substituents is 1. The highest BCUT2D eigenvalue weighted by atomic mass is 16.5. The first-order valence-corrected chi connectivity index (χ1v) is 9.83. The maximum absolute atomic E-state index is 10.5. The Labute approximate surface area is 172 Å². The maximum Gasteiger partial charge on any atom is 0.132 e. The summed E-state index contributed by atoms with van der Waals surface area (Å²) in [4.78, 5) is 3.89. The molecule has 152 valence electrons. The van der Waals surface area contributed by atoms with Crippen molar-refractivity contribution in [1.29, 1.82) is 0 Å². The minimum Gasteiger partial charge on any atom is -0.507 e. The number of rotatable bonds is 3. The summed E-state index contributed by atoms with van der Waals surface area (Å²) in [5, 5.41) is 16.6. The van der Waals surface area contributed by atoms with E-state index in [1.54, 1.807) is 6.07 Å². The number of aromatic hydroxyl groups is 1. The lowest BCUT2D eigenvalue weighted by atomic mass is 9.83. The van der Waals surface area contributed by atoms with Gasteiger partial charge in [-0.05, 0) is 68.8 Å². The molecule has 2 aromatic rings. The third-order valence-corrected chi connectivity index (χ3v) is 5.16. The van der Waals surface area contributed by atoms with Crippen LogP contribution in [0.4, 0.5) is 0 Å². The number of piperidine rings is 1. The highest BCUT2D eigenvalue weighted by Crippen LogP contribution is 2.46. The molecule has 5 heteroatoms. The molecule has 0 aromatic heterocycles. The third kappa shape index (κ3) is 4.42. The van der Waals surface area contributed by atoms with Crippen molar-refractivity contribution >= 4 is 18.0 Å². The van der Waals surface area contributed by atoms with E-state index in [9.17, 15) is 5.11 Å². The summed E-state index contributed by atoms with van der Waals surface area (Å²) < 4.78 is 6.36. The zero-order chi connectivity index (χ0) is 20.9. The van der Waals surface area contributed by atoms with Crippen LogP contribution in [0.25, 0.3) is 11.3 Å².